The van der Waals surface area contributed by atoms with Crippen molar-refractivity contribution in [3.8, 4) is 0 Å². The summed E-state index contributed by atoms with van der Waals surface area (Å²) in [6.07, 6.45) is 3.05. The van der Waals surface area contributed by atoms with Crippen LogP contribution in [0, 0.1) is 11.3 Å². The van der Waals surface area contributed by atoms with Crippen LogP contribution in [-0.2, 0) is 9.53 Å². The second-order valence-corrected chi connectivity index (χ2v) is 5.90. The molecule has 16 heavy (non-hydrogen) atoms. The molecule has 1 unspecified atom stereocenters. The molecule has 3 rings (SSSR count). The standard InChI is InChI=1S/C13H18O3/c1-13(2)5-3-4-7-10(13)12-8(11(7)15)6-9(14)16-12/h8,11-12,15H,3-6H2,1-2H3/t8-,11+,12?/m1/s1. The largest absolute Gasteiger partial charge is 0.457 e. The zero-order valence-electron chi connectivity index (χ0n) is 9.82. The van der Waals surface area contributed by atoms with Gasteiger partial charge in [0.05, 0.1) is 12.5 Å². The van der Waals surface area contributed by atoms with Crippen molar-refractivity contribution in [2.24, 2.45) is 11.3 Å². The van der Waals surface area contributed by atoms with Crippen LogP contribution in [0.3, 0.4) is 0 Å². The van der Waals surface area contributed by atoms with Gasteiger partial charge in [0.1, 0.15) is 6.10 Å². The number of fused-ring (bicyclic) bond motifs is 2. The smallest absolute Gasteiger partial charge is 0.306 e. The SMILES string of the molecule is CC1(C)CCCC2=C1C1OC(=O)C[C@@H]1[C@H]2O. The summed E-state index contributed by atoms with van der Waals surface area (Å²) in [6.45, 7) is 4.39. The minimum atomic E-state index is -0.439. The van der Waals surface area contributed by atoms with Gasteiger partial charge >= 0.3 is 5.97 Å². The summed E-state index contributed by atoms with van der Waals surface area (Å²) >= 11 is 0. The molecule has 0 amide bonds. The van der Waals surface area contributed by atoms with Crippen LogP contribution in [0.2, 0.25) is 0 Å². The molecule has 1 heterocycles. The zero-order chi connectivity index (χ0) is 11.5. The fourth-order valence-electron chi connectivity index (χ4n) is 3.69. The van der Waals surface area contributed by atoms with Crippen molar-refractivity contribution in [2.45, 2.75) is 51.7 Å². The Hall–Kier alpha value is -0.830. The minimum Gasteiger partial charge on any atom is -0.457 e. The van der Waals surface area contributed by atoms with Gasteiger partial charge in [-0.15, -0.1) is 0 Å². The molecule has 3 aliphatic rings. The number of hydrogen-bond donors (Lipinski definition) is 1. The number of aliphatic hydroxyl groups excluding tert-OH is 1. The highest BCUT2D eigenvalue weighted by Gasteiger charge is 2.53. The molecule has 0 saturated carbocycles. The Labute approximate surface area is 95.5 Å². The summed E-state index contributed by atoms with van der Waals surface area (Å²) in [6, 6.07) is 0. The number of esters is 1. The van der Waals surface area contributed by atoms with Crippen LogP contribution in [0.15, 0.2) is 11.1 Å². The van der Waals surface area contributed by atoms with Gasteiger partial charge in [0, 0.05) is 5.92 Å². The normalized spacial score (nSPS) is 40.7. The molecule has 1 fully saturated rings. The lowest BCUT2D eigenvalue weighted by atomic mass is 9.72. The highest BCUT2D eigenvalue weighted by atomic mass is 16.6. The predicted octanol–water partition coefficient (Wildman–Crippen LogP) is 1.80. The Bertz CT molecular complexity index is 381. The van der Waals surface area contributed by atoms with E-state index in [0.717, 1.165) is 19.3 Å². The van der Waals surface area contributed by atoms with E-state index in [9.17, 15) is 9.90 Å². The van der Waals surface area contributed by atoms with Crippen molar-refractivity contribution in [1.29, 1.82) is 0 Å². The molecular formula is C13H18O3. The Morgan fingerprint density at radius 1 is 1.44 bits per heavy atom. The molecule has 88 valence electrons. The second kappa shape index (κ2) is 3.10. The molecular weight excluding hydrogens is 204 g/mol. The van der Waals surface area contributed by atoms with Gasteiger partial charge in [-0.05, 0) is 35.8 Å². The van der Waals surface area contributed by atoms with E-state index in [0.29, 0.717) is 6.42 Å². The number of carbonyl (C=O) groups is 1. The second-order valence-electron chi connectivity index (χ2n) is 5.90. The maximum Gasteiger partial charge on any atom is 0.306 e. The average molecular weight is 222 g/mol. The van der Waals surface area contributed by atoms with E-state index in [2.05, 4.69) is 13.8 Å². The highest BCUT2D eigenvalue weighted by molar-refractivity contribution is 5.74. The van der Waals surface area contributed by atoms with Gasteiger partial charge in [-0.3, -0.25) is 4.79 Å². The summed E-state index contributed by atoms with van der Waals surface area (Å²) in [5.41, 5.74) is 2.47. The number of hydrogen-bond acceptors (Lipinski definition) is 3. The summed E-state index contributed by atoms with van der Waals surface area (Å²) in [4.78, 5) is 11.3. The first kappa shape index (κ1) is 10.3. The van der Waals surface area contributed by atoms with Gasteiger partial charge in [0.25, 0.3) is 0 Å². The lowest BCUT2D eigenvalue weighted by Crippen LogP contribution is -2.27. The molecule has 0 bridgehead atoms. The van der Waals surface area contributed by atoms with Crippen LogP contribution >= 0.6 is 0 Å². The van der Waals surface area contributed by atoms with Crippen LogP contribution in [0.5, 0.6) is 0 Å². The molecule has 1 saturated heterocycles. The van der Waals surface area contributed by atoms with Crippen LogP contribution in [0.4, 0.5) is 0 Å². The topological polar surface area (TPSA) is 46.5 Å². The molecule has 0 radical (unpaired) electrons. The van der Waals surface area contributed by atoms with Crippen molar-refractivity contribution in [1.82, 2.24) is 0 Å². The molecule has 1 N–H and O–H groups in total. The first-order valence-electron chi connectivity index (χ1n) is 6.12. The third-order valence-electron chi connectivity index (χ3n) is 4.42. The molecule has 0 aromatic heterocycles. The van der Waals surface area contributed by atoms with Gasteiger partial charge in [0.2, 0.25) is 0 Å². The number of carbonyl (C=O) groups excluding carboxylic acids is 1. The predicted molar refractivity (Wildman–Crippen MR) is 58.7 cm³/mol. The van der Waals surface area contributed by atoms with E-state index in [1.54, 1.807) is 0 Å². The minimum absolute atomic E-state index is 0.00475. The first-order valence-corrected chi connectivity index (χ1v) is 6.12. The monoisotopic (exact) mass is 222 g/mol. The van der Waals surface area contributed by atoms with E-state index in [4.69, 9.17) is 4.74 Å². The number of rotatable bonds is 0. The van der Waals surface area contributed by atoms with Gasteiger partial charge < -0.3 is 9.84 Å². The van der Waals surface area contributed by atoms with E-state index in [-0.39, 0.29) is 23.4 Å². The molecule has 3 heteroatoms. The van der Waals surface area contributed by atoms with Gasteiger partial charge in [0.15, 0.2) is 0 Å². The highest BCUT2D eigenvalue weighted by Crippen LogP contribution is 2.53. The zero-order valence-corrected chi connectivity index (χ0v) is 9.82. The van der Waals surface area contributed by atoms with E-state index < -0.39 is 6.10 Å². The Balaban J connectivity index is 2.05. The van der Waals surface area contributed by atoms with Crippen LogP contribution < -0.4 is 0 Å². The molecule has 0 spiro atoms. The summed E-state index contributed by atoms with van der Waals surface area (Å²) in [7, 11) is 0. The van der Waals surface area contributed by atoms with Gasteiger partial charge in [-0.2, -0.15) is 0 Å². The molecule has 1 aliphatic heterocycles. The number of ether oxygens (including phenoxy) is 1. The van der Waals surface area contributed by atoms with E-state index in [1.165, 1.54) is 11.1 Å². The fourth-order valence-corrected chi connectivity index (χ4v) is 3.69. The van der Waals surface area contributed by atoms with Gasteiger partial charge in [-0.25, -0.2) is 0 Å². The quantitative estimate of drug-likeness (QED) is 0.502. The molecule has 0 aromatic rings. The molecule has 3 atom stereocenters. The molecule has 2 aliphatic carbocycles. The summed E-state index contributed by atoms with van der Waals surface area (Å²) in [5, 5.41) is 10.3. The summed E-state index contributed by atoms with van der Waals surface area (Å²) in [5.74, 6) is -0.156. The fraction of sp³-hybridized carbons (Fsp3) is 0.769. The van der Waals surface area contributed by atoms with Crippen molar-refractivity contribution >= 4 is 5.97 Å². The van der Waals surface area contributed by atoms with Gasteiger partial charge in [-0.1, -0.05) is 13.8 Å². The number of aliphatic hydroxyl groups is 1. The van der Waals surface area contributed by atoms with E-state index in [1.807, 2.05) is 0 Å². The Kier molecular flexibility index (Phi) is 2.00. The lowest BCUT2D eigenvalue weighted by molar-refractivity contribution is -0.140. The van der Waals surface area contributed by atoms with Crippen LogP contribution in [0.1, 0.15) is 39.5 Å². The maximum atomic E-state index is 11.3. The van der Waals surface area contributed by atoms with Crippen molar-refractivity contribution in [2.75, 3.05) is 0 Å². The van der Waals surface area contributed by atoms with Crippen molar-refractivity contribution < 1.29 is 14.6 Å². The maximum absolute atomic E-state index is 11.3. The summed E-state index contributed by atoms with van der Waals surface area (Å²) < 4.78 is 5.40. The van der Waals surface area contributed by atoms with Crippen LogP contribution in [0.25, 0.3) is 0 Å². The Morgan fingerprint density at radius 2 is 2.19 bits per heavy atom. The van der Waals surface area contributed by atoms with Crippen molar-refractivity contribution in [3.05, 3.63) is 11.1 Å². The average Bonchev–Trinajstić information content (AvgIpc) is 2.66. The van der Waals surface area contributed by atoms with Crippen LogP contribution in [-0.4, -0.2) is 23.3 Å². The van der Waals surface area contributed by atoms with E-state index >= 15 is 0 Å². The Morgan fingerprint density at radius 3 is 2.94 bits per heavy atom. The molecule has 3 nitrogen and oxygen atoms in total. The van der Waals surface area contributed by atoms with Crippen molar-refractivity contribution in [3.63, 3.8) is 0 Å². The lowest BCUT2D eigenvalue weighted by Gasteiger charge is -2.34. The third-order valence-corrected chi connectivity index (χ3v) is 4.42. The first-order chi connectivity index (χ1) is 7.50. The third kappa shape index (κ3) is 1.21. The molecule has 0 aromatic carbocycles.